The molecule has 1 rings (SSSR count). The van der Waals surface area contributed by atoms with E-state index >= 15 is 0 Å². The van der Waals surface area contributed by atoms with E-state index in [4.69, 9.17) is 10.9 Å². The summed E-state index contributed by atoms with van der Waals surface area (Å²) in [5.74, 6) is -0.313. The average molecular weight is 306 g/mol. The van der Waals surface area contributed by atoms with Gasteiger partial charge < -0.3 is 16.3 Å². The summed E-state index contributed by atoms with van der Waals surface area (Å²) in [6.45, 7) is 3.31. The molecule has 0 saturated carbocycles. The van der Waals surface area contributed by atoms with Crippen LogP contribution in [0.2, 0.25) is 0 Å². The molecule has 0 aliphatic carbocycles. The third-order valence-electron chi connectivity index (χ3n) is 2.00. The summed E-state index contributed by atoms with van der Waals surface area (Å²) >= 11 is 4.58. The van der Waals surface area contributed by atoms with Crippen molar-refractivity contribution in [3.05, 3.63) is 20.8 Å². The minimum absolute atomic E-state index is 0.0477. The summed E-state index contributed by atoms with van der Waals surface area (Å²) in [5, 5.41) is 15.9. The topological polar surface area (TPSA) is 87.7 Å². The number of carbonyl (C=O) groups excluding carboxylic acids is 1. The minimum Gasteiger partial charge on any atom is -0.409 e. The van der Waals surface area contributed by atoms with Crippen LogP contribution in [0.1, 0.15) is 23.5 Å². The lowest BCUT2D eigenvalue weighted by atomic mass is 10.0. The van der Waals surface area contributed by atoms with Gasteiger partial charge in [-0.15, -0.1) is 11.3 Å². The Bertz CT molecular complexity index is 428. The smallest absolute Gasteiger partial charge is 0.263 e. The molecule has 0 aliphatic rings. The van der Waals surface area contributed by atoms with Crippen LogP contribution in [0.3, 0.4) is 0 Å². The van der Waals surface area contributed by atoms with E-state index in [1.165, 1.54) is 11.3 Å². The summed E-state index contributed by atoms with van der Waals surface area (Å²) in [6.07, 6.45) is 0. The molecule has 88 valence electrons. The summed E-state index contributed by atoms with van der Waals surface area (Å²) < 4.78 is 0.727. The maximum Gasteiger partial charge on any atom is 0.263 e. The van der Waals surface area contributed by atoms with Crippen LogP contribution in [0.4, 0.5) is 0 Å². The van der Waals surface area contributed by atoms with E-state index in [-0.39, 0.29) is 11.7 Å². The van der Waals surface area contributed by atoms with Crippen LogP contribution in [-0.2, 0) is 0 Å². The van der Waals surface area contributed by atoms with E-state index < -0.39 is 5.54 Å². The second kappa shape index (κ2) is 4.84. The van der Waals surface area contributed by atoms with Gasteiger partial charge in [0.05, 0.1) is 5.54 Å². The van der Waals surface area contributed by atoms with E-state index in [0.717, 1.165) is 4.47 Å². The fraction of sp³-hybridized carbons (Fsp3) is 0.333. The van der Waals surface area contributed by atoms with Gasteiger partial charge in [-0.2, -0.15) is 0 Å². The highest BCUT2D eigenvalue weighted by molar-refractivity contribution is 9.10. The predicted molar refractivity (Wildman–Crippen MR) is 67.0 cm³/mol. The highest BCUT2D eigenvalue weighted by Crippen LogP contribution is 2.23. The Balaban J connectivity index is 2.84. The quantitative estimate of drug-likeness (QED) is 0.344. The van der Waals surface area contributed by atoms with Crippen LogP contribution in [-0.4, -0.2) is 22.5 Å². The Morgan fingerprint density at radius 3 is 2.75 bits per heavy atom. The summed E-state index contributed by atoms with van der Waals surface area (Å²) in [7, 11) is 0. The van der Waals surface area contributed by atoms with Crippen LogP contribution in [0.25, 0.3) is 0 Å². The van der Waals surface area contributed by atoms with E-state index in [1.54, 1.807) is 25.3 Å². The number of hydrogen-bond acceptors (Lipinski definition) is 4. The van der Waals surface area contributed by atoms with Crippen molar-refractivity contribution >= 4 is 39.0 Å². The number of oxime groups is 1. The number of halogens is 1. The zero-order valence-corrected chi connectivity index (χ0v) is 11.2. The first-order valence-corrected chi connectivity index (χ1v) is 6.09. The van der Waals surface area contributed by atoms with Crippen LogP contribution >= 0.6 is 27.3 Å². The normalized spacial score (nSPS) is 12.6. The molecule has 5 nitrogen and oxygen atoms in total. The first-order chi connectivity index (χ1) is 7.38. The number of nitrogens with one attached hydrogen (secondary N) is 1. The van der Waals surface area contributed by atoms with Crippen LogP contribution in [0.5, 0.6) is 0 Å². The van der Waals surface area contributed by atoms with E-state index in [9.17, 15) is 4.79 Å². The Morgan fingerprint density at radius 2 is 2.31 bits per heavy atom. The van der Waals surface area contributed by atoms with Gasteiger partial charge in [-0.05, 0) is 41.2 Å². The highest BCUT2D eigenvalue weighted by atomic mass is 79.9. The number of nitrogens with zero attached hydrogens (tertiary/aromatic N) is 1. The highest BCUT2D eigenvalue weighted by Gasteiger charge is 2.27. The molecular weight excluding hydrogens is 294 g/mol. The molecule has 0 radical (unpaired) electrons. The van der Waals surface area contributed by atoms with Crippen molar-refractivity contribution in [2.45, 2.75) is 19.4 Å². The maximum atomic E-state index is 11.8. The summed E-state index contributed by atoms with van der Waals surface area (Å²) in [6, 6.07) is 1.79. The van der Waals surface area contributed by atoms with Gasteiger partial charge in [-0.25, -0.2) is 0 Å². The number of nitrogens with two attached hydrogens (primary N) is 1. The molecule has 1 heterocycles. The molecule has 0 fully saturated rings. The Morgan fingerprint density at radius 1 is 1.69 bits per heavy atom. The lowest BCUT2D eigenvalue weighted by Crippen LogP contribution is -2.53. The van der Waals surface area contributed by atoms with Crippen molar-refractivity contribution in [2.75, 3.05) is 0 Å². The monoisotopic (exact) mass is 305 g/mol. The fourth-order valence-corrected chi connectivity index (χ4v) is 2.43. The van der Waals surface area contributed by atoms with Crippen LogP contribution in [0, 0.1) is 0 Å². The molecule has 0 unspecified atom stereocenters. The van der Waals surface area contributed by atoms with Crippen LogP contribution < -0.4 is 11.1 Å². The summed E-state index contributed by atoms with van der Waals surface area (Å²) in [5.41, 5.74) is 4.57. The number of amidine groups is 1. The largest absolute Gasteiger partial charge is 0.409 e. The summed E-state index contributed by atoms with van der Waals surface area (Å²) in [4.78, 5) is 12.4. The van der Waals surface area contributed by atoms with Gasteiger partial charge >= 0.3 is 0 Å². The van der Waals surface area contributed by atoms with E-state index in [0.29, 0.717) is 4.88 Å². The number of amides is 1. The molecule has 4 N–H and O–H groups in total. The second-order valence-corrected chi connectivity index (χ2v) is 5.43. The number of rotatable bonds is 3. The molecule has 7 heteroatoms. The molecule has 1 aromatic rings. The number of thiophene rings is 1. The van der Waals surface area contributed by atoms with Crippen molar-refractivity contribution < 1.29 is 10.0 Å². The van der Waals surface area contributed by atoms with Gasteiger partial charge in [0.25, 0.3) is 5.91 Å². The molecule has 16 heavy (non-hydrogen) atoms. The first kappa shape index (κ1) is 13.0. The van der Waals surface area contributed by atoms with E-state index in [1.807, 2.05) is 0 Å². The second-order valence-electron chi connectivity index (χ2n) is 3.66. The van der Waals surface area contributed by atoms with Gasteiger partial charge in [-0.1, -0.05) is 5.16 Å². The van der Waals surface area contributed by atoms with Crippen molar-refractivity contribution in [2.24, 2.45) is 10.9 Å². The van der Waals surface area contributed by atoms with Crippen molar-refractivity contribution in [3.63, 3.8) is 0 Å². The molecule has 1 amide bonds. The van der Waals surface area contributed by atoms with Gasteiger partial charge in [0, 0.05) is 4.47 Å². The lowest BCUT2D eigenvalue weighted by Gasteiger charge is -2.24. The number of hydrogen-bond donors (Lipinski definition) is 3. The third kappa shape index (κ3) is 2.73. The molecule has 0 spiro atoms. The van der Waals surface area contributed by atoms with Gasteiger partial charge in [0.15, 0.2) is 5.84 Å². The van der Waals surface area contributed by atoms with E-state index in [2.05, 4.69) is 26.4 Å². The van der Waals surface area contributed by atoms with Crippen molar-refractivity contribution in [1.29, 1.82) is 0 Å². The lowest BCUT2D eigenvalue weighted by molar-refractivity contribution is 0.0934. The van der Waals surface area contributed by atoms with Crippen LogP contribution in [0.15, 0.2) is 21.1 Å². The molecule has 0 bridgehead atoms. The SMILES string of the molecule is CC(C)(NC(=O)c1sccc1Br)C(N)=NO. The third-order valence-corrected chi connectivity index (χ3v) is 3.83. The predicted octanol–water partition coefficient (Wildman–Crippen LogP) is 1.77. The molecular formula is C9H12BrN3O2S. The molecule has 0 saturated heterocycles. The Kier molecular flexibility index (Phi) is 3.93. The standard InChI is InChI=1S/C9H12BrN3O2S/c1-9(2,8(11)13-15)12-7(14)6-5(10)3-4-16-6/h3-4,15H,1-2H3,(H2,11,13)(H,12,14). The number of carbonyl (C=O) groups is 1. The van der Waals surface area contributed by atoms with Gasteiger partial charge in [-0.3, -0.25) is 4.79 Å². The first-order valence-electron chi connectivity index (χ1n) is 4.42. The van der Waals surface area contributed by atoms with Gasteiger partial charge in [0.1, 0.15) is 4.88 Å². The van der Waals surface area contributed by atoms with Crippen molar-refractivity contribution in [3.8, 4) is 0 Å². The zero-order valence-electron chi connectivity index (χ0n) is 8.82. The fourth-order valence-electron chi connectivity index (χ4n) is 0.985. The van der Waals surface area contributed by atoms with Crippen molar-refractivity contribution in [1.82, 2.24) is 5.32 Å². The Hall–Kier alpha value is -1.08. The molecule has 0 aliphatic heterocycles. The minimum atomic E-state index is -0.894. The zero-order chi connectivity index (χ0) is 12.3. The average Bonchev–Trinajstić information content (AvgIpc) is 2.62. The Labute approximate surface area is 105 Å². The van der Waals surface area contributed by atoms with Gasteiger partial charge in [0.2, 0.25) is 0 Å². The molecule has 0 atom stereocenters. The maximum absolute atomic E-state index is 11.8. The molecule has 0 aromatic carbocycles. The molecule has 1 aromatic heterocycles.